The number of halogens is 2. The van der Waals surface area contributed by atoms with Crippen molar-refractivity contribution in [1.29, 1.82) is 0 Å². The van der Waals surface area contributed by atoms with Crippen LogP contribution in [0.25, 0.3) is 0 Å². The van der Waals surface area contributed by atoms with Gasteiger partial charge < -0.3 is 10.2 Å². The van der Waals surface area contributed by atoms with E-state index in [9.17, 15) is 4.39 Å². The molecule has 0 radical (unpaired) electrons. The molecule has 1 aromatic rings. The fourth-order valence-electron chi connectivity index (χ4n) is 2.46. The second kappa shape index (κ2) is 6.53. The first-order valence-electron chi connectivity index (χ1n) is 6.63. The Morgan fingerprint density at radius 1 is 1.39 bits per heavy atom. The van der Waals surface area contributed by atoms with E-state index in [-0.39, 0.29) is 5.82 Å². The highest BCUT2D eigenvalue weighted by atomic mass is 79.9. The lowest BCUT2D eigenvalue weighted by Gasteiger charge is -2.32. The van der Waals surface area contributed by atoms with Crippen molar-refractivity contribution in [3.8, 4) is 0 Å². The monoisotopic (exact) mass is 314 g/mol. The van der Waals surface area contributed by atoms with Crippen LogP contribution in [0.5, 0.6) is 0 Å². The average molecular weight is 315 g/mol. The van der Waals surface area contributed by atoms with E-state index in [1.54, 1.807) is 6.07 Å². The van der Waals surface area contributed by atoms with Gasteiger partial charge in [0, 0.05) is 23.6 Å². The summed E-state index contributed by atoms with van der Waals surface area (Å²) in [5.41, 5.74) is 0.603. The topological polar surface area (TPSA) is 15.3 Å². The predicted molar refractivity (Wildman–Crippen MR) is 77.5 cm³/mol. The zero-order chi connectivity index (χ0) is 13.0. The SMILES string of the molecule is CCCN1CCC(Nc2c(F)cccc2Br)CC1. The highest BCUT2D eigenvalue weighted by Crippen LogP contribution is 2.27. The average Bonchev–Trinajstić information content (AvgIpc) is 2.36. The van der Waals surface area contributed by atoms with Crippen LogP contribution in [0.15, 0.2) is 22.7 Å². The summed E-state index contributed by atoms with van der Waals surface area (Å²) in [5, 5.41) is 3.33. The van der Waals surface area contributed by atoms with Crippen LogP contribution in [0.4, 0.5) is 10.1 Å². The number of piperidine rings is 1. The van der Waals surface area contributed by atoms with Crippen LogP contribution in [0, 0.1) is 5.82 Å². The van der Waals surface area contributed by atoms with Crippen molar-refractivity contribution in [3.05, 3.63) is 28.5 Å². The summed E-state index contributed by atoms with van der Waals surface area (Å²) >= 11 is 3.40. The van der Waals surface area contributed by atoms with Crippen LogP contribution in [0.1, 0.15) is 26.2 Å². The third-order valence-electron chi connectivity index (χ3n) is 3.44. The van der Waals surface area contributed by atoms with Crippen molar-refractivity contribution in [2.75, 3.05) is 25.0 Å². The predicted octanol–water partition coefficient (Wildman–Crippen LogP) is 3.87. The normalized spacial score (nSPS) is 17.9. The number of para-hydroxylation sites is 1. The molecule has 0 atom stereocenters. The Hall–Kier alpha value is -0.610. The quantitative estimate of drug-likeness (QED) is 0.907. The third-order valence-corrected chi connectivity index (χ3v) is 4.10. The molecule has 18 heavy (non-hydrogen) atoms. The molecule has 2 nitrogen and oxygen atoms in total. The van der Waals surface area contributed by atoms with Gasteiger partial charge in [0.2, 0.25) is 0 Å². The van der Waals surface area contributed by atoms with E-state index in [4.69, 9.17) is 0 Å². The lowest BCUT2D eigenvalue weighted by Crippen LogP contribution is -2.39. The van der Waals surface area contributed by atoms with Gasteiger partial charge in [-0.15, -0.1) is 0 Å². The summed E-state index contributed by atoms with van der Waals surface area (Å²) in [4.78, 5) is 2.48. The van der Waals surface area contributed by atoms with Gasteiger partial charge in [-0.3, -0.25) is 0 Å². The molecule has 0 aromatic heterocycles. The van der Waals surface area contributed by atoms with Crippen LogP contribution >= 0.6 is 15.9 Å². The zero-order valence-corrected chi connectivity index (χ0v) is 12.3. The molecule has 2 rings (SSSR count). The molecule has 0 unspecified atom stereocenters. The summed E-state index contributed by atoms with van der Waals surface area (Å²) in [6, 6.07) is 5.47. The first kappa shape index (κ1) is 13.8. The lowest BCUT2D eigenvalue weighted by molar-refractivity contribution is 0.219. The number of benzene rings is 1. The molecule has 0 saturated carbocycles. The maximum absolute atomic E-state index is 13.7. The number of anilines is 1. The summed E-state index contributed by atoms with van der Waals surface area (Å²) < 4.78 is 14.5. The Bertz CT molecular complexity index is 369. The van der Waals surface area contributed by atoms with Gasteiger partial charge in [0.25, 0.3) is 0 Å². The molecule has 1 aromatic carbocycles. The maximum Gasteiger partial charge on any atom is 0.147 e. The van der Waals surface area contributed by atoms with Gasteiger partial charge >= 0.3 is 0 Å². The fourth-order valence-corrected chi connectivity index (χ4v) is 2.91. The number of hydrogen-bond donors (Lipinski definition) is 1. The number of rotatable bonds is 4. The highest BCUT2D eigenvalue weighted by Gasteiger charge is 2.20. The van der Waals surface area contributed by atoms with Crippen LogP contribution in [-0.2, 0) is 0 Å². The summed E-state index contributed by atoms with van der Waals surface area (Å²) in [5.74, 6) is -0.180. The molecule has 1 aliphatic heterocycles. The minimum Gasteiger partial charge on any atom is -0.379 e. The summed E-state index contributed by atoms with van der Waals surface area (Å²) in [6.07, 6.45) is 3.37. The molecular weight excluding hydrogens is 295 g/mol. The number of nitrogens with zero attached hydrogens (tertiary/aromatic N) is 1. The second-order valence-corrected chi connectivity index (χ2v) is 5.71. The van der Waals surface area contributed by atoms with Gasteiger partial charge in [-0.25, -0.2) is 4.39 Å². The molecule has 0 bridgehead atoms. The lowest BCUT2D eigenvalue weighted by atomic mass is 10.0. The number of nitrogens with one attached hydrogen (secondary N) is 1. The van der Waals surface area contributed by atoms with Crippen molar-refractivity contribution in [2.24, 2.45) is 0 Å². The second-order valence-electron chi connectivity index (χ2n) is 4.86. The van der Waals surface area contributed by atoms with E-state index in [2.05, 4.69) is 33.1 Å². The van der Waals surface area contributed by atoms with E-state index < -0.39 is 0 Å². The largest absolute Gasteiger partial charge is 0.379 e. The van der Waals surface area contributed by atoms with E-state index in [1.807, 2.05) is 6.07 Å². The first-order chi connectivity index (χ1) is 8.70. The Morgan fingerprint density at radius 2 is 2.11 bits per heavy atom. The van der Waals surface area contributed by atoms with Gasteiger partial charge in [0.05, 0.1) is 5.69 Å². The molecule has 1 aliphatic rings. The van der Waals surface area contributed by atoms with Crippen molar-refractivity contribution in [1.82, 2.24) is 4.90 Å². The molecular formula is C14H20BrFN2. The Kier molecular flexibility index (Phi) is 5.01. The Morgan fingerprint density at radius 3 is 2.72 bits per heavy atom. The van der Waals surface area contributed by atoms with Crippen molar-refractivity contribution >= 4 is 21.6 Å². The fraction of sp³-hybridized carbons (Fsp3) is 0.571. The molecule has 1 saturated heterocycles. The van der Waals surface area contributed by atoms with Crippen LogP contribution in [0.3, 0.4) is 0 Å². The molecule has 0 spiro atoms. The van der Waals surface area contributed by atoms with Crippen molar-refractivity contribution in [3.63, 3.8) is 0 Å². The van der Waals surface area contributed by atoms with Gasteiger partial charge in [-0.2, -0.15) is 0 Å². The van der Waals surface area contributed by atoms with Crippen LogP contribution in [-0.4, -0.2) is 30.6 Å². The van der Waals surface area contributed by atoms with Gasteiger partial charge in [0.15, 0.2) is 0 Å². The van der Waals surface area contributed by atoms with Crippen LogP contribution in [0.2, 0.25) is 0 Å². The Labute approximate surface area is 117 Å². The Balaban J connectivity index is 1.92. The van der Waals surface area contributed by atoms with Crippen LogP contribution < -0.4 is 5.32 Å². The smallest absolute Gasteiger partial charge is 0.147 e. The van der Waals surface area contributed by atoms with Gasteiger partial charge in [-0.1, -0.05) is 13.0 Å². The van der Waals surface area contributed by atoms with E-state index in [0.717, 1.165) is 30.4 Å². The molecule has 100 valence electrons. The minimum atomic E-state index is -0.180. The van der Waals surface area contributed by atoms with E-state index >= 15 is 0 Å². The highest BCUT2D eigenvalue weighted by molar-refractivity contribution is 9.10. The minimum absolute atomic E-state index is 0.180. The van der Waals surface area contributed by atoms with Crippen molar-refractivity contribution < 1.29 is 4.39 Å². The van der Waals surface area contributed by atoms with E-state index in [0.29, 0.717) is 11.7 Å². The molecule has 1 fully saturated rings. The summed E-state index contributed by atoms with van der Waals surface area (Å²) in [7, 11) is 0. The zero-order valence-electron chi connectivity index (χ0n) is 10.8. The molecule has 0 amide bonds. The number of hydrogen-bond acceptors (Lipinski definition) is 2. The number of likely N-dealkylation sites (tertiary alicyclic amines) is 1. The van der Waals surface area contributed by atoms with Crippen molar-refractivity contribution in [2.45, 2.75) is 32.2 Å². The molecule has 1 heterocycles. The maximum atomic E-state index is 13.7. The van der Waals surface area contributed by atoms with Gasteiger partial charge in [-0.05, 0) is 53.9 Å². The summed E-state index contributed by atoms with van der Waals surface area (Å²) in [6.45, 7) is 5.60. The molecule has 4 heteroatoms. The third kappa shape index (κ3) is 3.45. The standard InChI is InChI=1S/C14H20BrFN2/c1-2-8-18-9-6-11(7-10-18)17-14-12(15)4-3-5-13(14)16/h3-5,11,17H,2,6-10H2,1H3. The van der Waals surface area contributed by atoms with Gasteiger partial charge in [0.1, 0.15) is 5.82 Å². The molecule has 0 aliphatic carbocycles. The first-order valence-corrected chi connectivity index (χ1v) is 7.43. The molecule has 1 N–H and O–H groups in total. The van der Waals surface area contributed by atoms with E-state index in [1.165, 1.54) is 19.0 Å².